The van der Waals surface area contributed by atoms with Crippen LogP contribution in [0.3, 0.4) is 0 Å². The molecule has 1 aliphatic rings. The molecule has 0 radical (unpaired) electrons. The highest BCUT2D eigenvalue weighted by atomic mass is 16.5. The minimum Gasteiger partial charge on any atom is -0.488 e. The number of rotatable bonds is 5. The van der Waals surface area contributed by atoms with Gasteiger partial charge in [0.2, 0.25) is 0 Å². The number of fused-ring (bicyclic) bond motifs is 2. The molecule has 3 rings (SSSR count). The van der Waals surface area contributed by atoms with E-state index < -0.39 is 5.97 Å². The Morgan fingerprint density at radius 2 is 2.20 bits per heavy atom. The van der Waals surface area contributed by atoms with Gasteiger partial charge < -0.3 is 14.7 Å². The zero-order valence-electron chi connectivity index (χ0n) is 14.5. The molecule has 130 valence electrons. The molecule has 0 saturated carbocycles. The molecule has 2 aromatic rings. The predicted octanol–water partition coefficient (Wildman–Crippen LogP) is 2.98. The van der Waals surface area contributed by atoms with Gasteiger partial charge in [0.25, 0.3) is 0 Å². The first-order valence-corrected chi connectivity index (χ1v) is 8.31. The molecule has 1 N–H and O–H groups in total. The average molecular weight is 338 g/mol. The second-order valence-corrected chi connectivity index (χ2v) is 6.41. The van der Waals surface area contributed by atoms with Crippen LogP contribution < -0.4 is 4.74 Å². The highest BCUT2D eigenvalue weighted by Crippen LogP contribution is 2.36. The molecular weight excluding hydrogens is 316 g/mol. The maximum Gasteiger partial charge on any atom is 0.307 e. The summed E-state index contributed by atoms with van der Waals surface area (Å²) in [5.74, 6) is -0.0746. The molecule has 1 aliphatic heterocycles. The molecule has 0 saturated heterocycles. The zero-order valence-corrected chi connectivity index (χ0v) is 14.5. The normalized spacial score (nSPS) is 14.6. The van der Waals surface area contributed by atoms with Crippen molar-refractivity contribution in [1.82, 2.24) is 9.88 Å². The lowest BCUT2D eigenvalue weighted by atomic mass is 9.95. The van der Waals surface area contributed by atoms with Crippen molar-refractivity contribution in [3.63, 3.8) is 0 Å². The van der Waals surface area contributed by atoms with E-state index in [1.165, 1.54) is 0 Å². The van der Waals surface area contributed by atoms with Crippen molar-refractivity contribution in [1.29, 1.82) is 0 Å². The van der Waals surface area contributed by atoms with Crippen LogP contribution in [-0.2, 0) is 17.8 Å². The highest BCUT2D eigenvalue weighted by molar-refractivity contribution is 5.84. The van der Waals surface area contributed by atoms with E-state index >= 15 is 0 Å². The fourth-order valence-electron chi connectivity index (χ4n) is 2.95. The number of hydrogen-bond acceptors (Lipinski definition) is 4. The van der Waals surface area contributed by atoms with E-state index in [-0.39, 0.29) is 6.42 Å². The molecule has 0 bridgehead atoms. The Morgan fingerprint density at radius 3 is 2.96 bits per heavy atom. The molecule has 1 aromatic heterocycles. The van der Waals surface area contributed by atoms with Crippen LogP contribution in [0.5, 0.6) is 5.75 Å². The summed E-state index contributed by atoms with van der Waals surface area (Å²) >= 11 is 0. The third-order valence-electron chi connectivity index (χ3n) is 4.14. The van der Waals surface area contributed by atoms with Gasteiger partial charge in [-0.3, -0.25) is 9.78 Å². The molecule has 0 spiro atoms. The lowest BCUT2D eigenvalue weighted by Gasteiger charge is -2.12. The van der Waals surface area contributed by atoms with E-state index in [0.29, 0.717) is 6.61 Å². The van der Waals surface area contributed by atoms with E-state index in [1.807, 2.05) is 44.4 Å². The Morgan fingerprint density at radius 1 is 1.36 bits per heavy atom. The molecule has 2 heterocycles. The Kier molecular flexibility index (Phi) is 5.14. The summed E-state index contributed by atoms with van der Waals surface area (Å²) in [4.78, 5) is 17.8. The van der Waals surface area contributed by atoms with E-state index in [0.717, 1.165) is 46.7 Å². The minimum atomic E-state index is -0.842. The van der Waals surface area contributed by atoms with Crippen molar-refractivity contribution in [3.05, 3.63) is 65.0 Å². The fourth-order valence-corrected chi connectivity index (χ4v) is 2.95. The number of benzene rings is 1. The number of pyridine rings is 1. The Balaban J connectivity index is 2.08. The maximum absolute atomic E-state index is 11.1. The van der Waals surface area contributed by atoms with Crippen molar-refractivity contribution in [3.8, 4) is 5.75 Å². The van der Waals surface area contributed by atoms with Crippen molar-refractivity contribution in [2.75, 3.05) is 20.6 Å². The molecule has 25 heavy (non-hydrogen) atoms. The van der Waals surface area contributed by atoms with E-state index in [9.17, 15) is 4.79 Å². The predicted molar refractivity (Wildman–Crippen MR) is 96.6 cm³/mol. The smallest absolute Gasteiger partial charge is 0.307 e. The van der Waals surface area contributed by atoms with Crippen LogP contribution in [0.15, 0.2) is 42.6 Å². The van der Waals surface area contributed by atoms with Crippen LogP contribution in [0, 0.1) is 0 Å². The number of carboxylic acid groups (broad SMARTS) is 1. The van der Waals surface area contributed by atoms with Gasteiger partial charge in [-0.1, -0.05) is 18.2 Å². The van der Waals surface area contributed by atoms with E-state index in [2.05, 4.69) is 16.0 Å². The van der Waals surface area contributed by atoms with E-state index in [4.69, 9.17) is 9.84 Å². The third kappa shape index (κ3) is 4.06. The molecule has 0 amide bonds. The van der Waals surface area contributed by atoms with Gasteiger partial charge >= 0.3 is 5.97 Å². The Labute approximate surface area is 147 Å². The van der Waals surface area contributed by atoms with Crippen molar-refractivity contribution in [2.45, 2.75) is 19.4 Å². The van der Waals surface area contributed by atoms with Crippen molar-refractivity contribution >= 4 is 11.5 Å². The van der Waals surface area contributed by atoms with Gasteiger partial charge in [0.1, 0.15) is 12.4 Å². The summed E-state index contributed by atoms with van der Waals surface area (Å²) in [5.41, 5.74) is 4.63. The quantitative estimate of drug-likeness (QED) is 0.908. The molecular formula is C20H22N2O3. The van der Waals surface area contributed by atoms with Crippen molar-refractivity contribution in [2.24, 2.45) is 0 Å². The second-order valence-electron chi connectivity index (χ2n) is 6.41. The van der Waals surface area contributed by atoms with Crippen LogP contribution in [0.1, 0.15) is 28.8 Å². The fraction of sp³-hybridized carbons (Fsp3) is 0.300. The summed E-state index contributed by atoms with van der Waals surface area (Å²) in [7, 11) is 4.08. The van der Waals surface area contributed by atoms with Gasteiger partial charge in [0.15, 0.2) is 0 Å². The maximum atomic E-state index is 11.1. The SMILES string of the molecule is CN(C)CC/C=C1\c2cc(CC(=O)O)ccc2OCc2cccnc21. The van der Waals surface area contributed by atoms with Gasteiger partial charge in [0, 0.05) is 29.4 Å². The number of nitrogens with zero attached hydrogens (tertiary/aromatic N) is 2. The Hall–Kier alpha value is -2.66. The summed E-state index contributed by atoms with van der Waals surface area (Å²) < 4.78 is 5.95. The first-order chi connectivity index (χ1) is 12.0. The largest absolute Gasteiger partial charge is 0.488 e. The molecule has 0 aliphatic carbocycles. The lowest BCUT2D eigenvalue weighted by Crippen LogP contribution is -2.12. The number of carbonyl (C=O) groups is 1. The van der Waals surface area contributed by atoms with Gasteiger partial charge in [-0.05, 0) is 44.3 Å². The average Bonchev–Trinajstić information content (AvgIpc) is 2.72. The first-order valence-electron chi connectivity index (χ1n) is 8.31. The third-order valence-corrected chi connectivity index (χ3v) is 4.14. The number of carboxylic acids is 1. The van der Waals surface area contributed by atoms with E-state index in [1.54, 1.807) is 6.20 Å². The standard InChI is InChI=1S/C20H22N2O3/c1-22(2)10-4-6-16-17-11-14(12-19(23)24)7-8-18(17)25-13-15-5-3-9-21-20(15)16/h3,5-9,11H,4,10,12-13H2,1-2H3,(H,23,24)/b16-6+. The first kappa shape index (κ1) is 17.2. The molecule has 0 atom stereocenters. The summed E-state index contributed by atoms with van der Waals surface area (Å²) in [6.07, 6.45) is 4.82. The number of aliphatic carboxylic acids is 1. The number of aromatic nitrogens is 1. The van der Waals surface area contributed by atoms with Gasteiger partial charge in [0.05, 0.1) is 12.1 Å². The molecule has 1 aromatic carbocycles. The zero-order chi connectivity index (χ0) is 17.8. The number of hydrogen-bond donors (Lipinski definition) is 1. The molecule has 5 heteroatoms. The molecule has 0 fully saturated rings. The topological polar surface area (TPSA) is 62.7 Å². The lowest BCUT2D eigenvalue weighted by molar-refractivity contribution is -0.136. The minimum absolute atomic E-state index is 0.00661. The second kappa shape index (κ2) is 7.49. The summed E-state index contributed by atoms with van der Waals surface area (Å²) in [5, 5.41) is 9.09. The van der Waals surface area contributed by atoms with Gasteiger partial charge in [-0.15, -0.1) is 0 Å². The van der Waals surface area contributed by atoms with Crippen LogP contribution in [0.2, 0.25) is 0 Å². The molecule has 0 unspecified atom stereocenters. The highest BCUT2D eigenvalue weighted by Gasteiger charge is 2.20. The monoisotopic (exact) mass is 338 g/mol. The summed E-state index contributed by atoms with van der Waals surface area (Å²) in [6.45, 7) is 1.39. The summed E-state index contributed by atoms with van der Waals surface area (Å²) in [6, 6.07) is 9.51. The van der Waals surface area contributed by atoms with Crippen molar-refractivity contribution < 1.29 is 14.6 Å². The van der Waals surface area contributed by atoms with Crippen LogP contribution in [0.25, 0.3) is 5.57 Å². The Bertz CT molecular complexity index is 812. The van der Waals surface area contributed by atoms with Crippen LogP contribution in [0.4, 0.5) is 0 Å². The van der Waals surface area contributed by atoms with Gasteiger partial charge in [-0.2, -0.15) is 0 Å². The van der Waals surface area contributed by atoms with Gasteiger partial charge in [-0.25, -0.2) is 0 Å². The number of ether oxygens (including phenoxy) is 1. The van der Waals surface area contributed by atoms with Crippen LogP contribution in [-0.4, -0.2) is 41.6 Å². The van der Waals surface area contributed by atoms with Crippen LogP contribution >= 0.6 is 0 Å². The molecule has 5 nitrogen and oxygen atoms in total.